The molecule has 0 saturated heterocycles. The summed E-state index contributed by atoms with van der Waals surface area (Å²) in [4.78, 5) is 24.0. The molecule has 5 heteroatoms. The van der Waals surface area contributed by atoms with E-state index in [0.29, 0.717) is 5.92 Å². The Morgan fingerprint density at radius 1 is 0.962 bits per heavy atom. The lowest BCUT2D eigenvalue weighted by molar-refractivity contribution is -0.682. The van der Waals surface area contributed by atoms with E-state index >= 15 is 0 Å². The molecule has 0 aromatic heterocycles. The van der Waals surface area contributed by atoms with Crippen molar-refractivity contribution in [3.63, 3.8) is 0 Å². The van der Waals surface area contributed by atoms with Crippen LogP contribution in [0.15, 0.2) is 54.6 Å². The molecule has 26 heavy (non-hydrogen) atoms. The van der Waals surface area contributed by atoms with Gasteiger partial charge in [0.15, 0.2) is 6.04 Å². The highest BCUT2D eigenvalue weighted by Crippen LogP contribution is 2.14. The molecule has 0 bridgehead atoms. The minimum absolute atomic E-state index is 0.314. The van der Waals surface area contributed by atoms with E-state index in [0.717, 1.165) is 18.5 Å². The number of nitrogens with two attached hydrogens (primary N) is 1. The molecule has 4 N–H and O–H groups in total. The first-order valence-electron chi connectivity index (χ1n) is 9.01. The summed E-state index contributed by atoms with van der Waals surface area (Å²) in [5.74, 6) is 0.206. The zero-order chi connectivity index (χ0) is 18.9. The third kappa shape index (κ3) is 5.70. The fourth-order valence-electron chi connectivity index (χ4n) is 2.79. The number of imide groups is 1. The fraction of sp³-hybridized carbons (Fsp3) is 0.333. The van der Waals surface area contributed by atoms with E-state index in [1.165, 1.54) is 18.2 Å². The fourth-order valence-corrected chi connectivity index (χ4v) is 2.79. The molecular formula is C21H28N3O2+. The number of rotatable bonds is 7. The Morgan fingerprint density at radius 2 is 1.62 bits per heavy atom. The first-order chi connectivity index (χ1) is 12.5. The van der Waals surface area contributed by atoms with Crippen molar-refractivity contribution in [2.24, 2.45) is 0 Å². The molecule has 0 aliphatic carbocycles. The highest BCUT2D eigenvalue weighted by molar-refractivity contribution is 5.96. The Bertz CT molecular complexity index is 712. The van der Waals surface area contributed by atoms with Gasteiger partial charge in [-0.1, -0.05) is 68.4 Å². The van der Waals surface area contributed by atoms with Crippen molar-refractivity contribution >= 4 is 11.9 Å². The second-order valence-electron chi connectivity index (χ2n) is 6.63. The lowest BCUT2D eigenvalue weighted by atomic mass is 10.0. The van der Waals surface area contributed by atoms with Crippen LogP contribution in [0.25, 0.3) is 0 Å². The van der Waals surface area contributed by atoms with Crippen molar-refractivity contribution in [2.45, 2.75) is 32.2 Å². The number of carbonyl (C=O) groups excluding carboxylic acids is 2. The Hall–Kier alpha value is -2.66. The number of benzene rings is 2. The van der Waals surface area contributed by atoms with Gasteiger partial charge in [0.25, 0.3) is 5.91 Å². The molecule has 5 nitrogen and oxygen atoms in total. The van der Waals surface area contributed by atoms with E-state index in [1.807, 2.05) is 35.6 Å². The first kappa shape index (κ1) is 19.7. The summed E-state index contributed by atoms with van der Waals surface area (Å²) in [6.07, 6.45) is 0.856. The van der Waals surface area contributed by atoms with Crippen molar-refractivity contribution < 1.29 is 14.9 Å². The van der Waals surface area contributed by atoms with Crippen LogP contribution in [0.5, 0.6) is 0 Å². The van der Waals surface area contributed by atoms with Gasteiger partial charge in [0.1, 0.15) is 0 Å². The molecule has 138 valence electrons. The summed E-state index contributed by atoms with van der Waals surface area (Å²) in [7, 11) is 1.49. The van der Waals surface area contributed by atoms with Gasteiger partial charge in [0.05, 0.1) is 6.54 Å². The van der Waals surface area contributed by atoms with Crippen molar-refractivity contribution in [3.8, 4) is 0 Å². The van der Waals surface area contributed by atoms with Gasteiger partial charge in [0, 0.05) is 19.0 Å². The molecule has 0 aliphatic heterocycles. The minimum Gasteiger partial charge on any atom is -0.341 e. The SMILES string of the molecule is CNC(=O)NC(=O)[C@H]([NH2+]CCc1ccc(C(C)C)cc1)c1ccccc1. The smallest absolute Gasteiger partial charge is 0.321 e. The first-order valence-corrected chi connectivity index (χ1v) is 9.01. The maximum atomic E-state index is 12.5. The lowest BCUT2D eigenvalue weighted by Crippen LogP contribution is -2.88. The molecule has 0 saturated carbocycles. The quantitative estimate of drug-likeness (QED) is 0.712. The molecule has 2 rings (SSSR count). The van der Waals surface area contributed by atoms with Crippen molar-refractivity contribution in [1.29, 1.82) is 0 Å². The van der Waals surface area contributed by atoms with Gasteiger partial charge >= 0.3 is 6.03 Å². The van der Waals surface area contributed by atoms with Crippen LogP contribution in [-0.4, -0.2) is 25.5 Å². The predicted molar refractivity (Wildman–Crippen MR) is 103 cm³/mol. The van der Waals surface area contributed by atoms with Crippen LogP contribution in [0.3, 0.4) is 0 Å². The van der Waals surface area contributed by atoms with Crippen LogP contribution < -0.4 is 16.0 Å². The van der Waals surface area contributed by atoms with E-state index in [9.17, 15) is 9.59 Å². The van der Waals surface area contributed by atoms with Crippen LogP contribution in [0.2, 0.25) is 0 Å². The van der Waals surface area contributed by atoms with E-state index in [2.05, 4.69) is 48.7 Å². The molecule has 0 spiro atoms. The van der Waals surface area contributed by atoms with Crippen molar-refractivity contribution in [3.05, 3.63) is 71.3 Å². The average molecular weight is 354 g/mol. The van der Waals surface area contributed by atoms with Crippen LogP contribution in [0.4, 0.5) is 4.79 Å². The van der Waals surface area contributed by atoms with E-state index in [4.69, 9.17) is 0 Å². The number of urea groups is 1. The molecule has 0 heterocycles. The molecule has 0 aliphatic rings. The highest BCUT2D eigenvalue weighted by Gasteiger charge is 2.25. The summed E-state index contributed by atoms with van der Waals surface area (Å²) in [5, 5.41) is 6.77. The van der Waals surface area contributed by atoms with Crippen molar-refractivity contribution in [2.75, 3.05) is 13.6 Å². The van der Waals surface area contributed by atoms with Gasteiger partial charge in [-0.3, -0.25) is 10.1 Å². The Balaban J connectivity index is 2.00. The molecule has 2 aromatic rings. The monoisotopic (exact) mass is 354 g/mol. The second kappa shape index (κ2) is 9.73. The second-order valence-corrected chi connectivity index (χ2v) is 6.63. The molecule has 0 radical (unpaired) electrons. The van der Waals surface area contributed by atoms with Gasteiger partial charge in [0.2, 0.25) is 0 Å². The maximum Gasteiger partial charge on any atom is 0.321 e. The molecule has 2 aromatic carbocycles. The topological polar surface area (TPSA) is 74.8 Å². The van der Waals surface area contributed by atoms with Gasteiger partial charge in [-0.15, -0.1) is 0 Å². The number of amides is 3. The zero-order valence-electron chi connectivity index (χ0n) is 15.7. The Morgan fingerprint density at radius 3 is 2.19 bits per heavy atom. The maximum absolute atomic E-state index is 12.5. The minimum atomic E-state index is -0.492. The summed E-state index contributed by atoms with van der Waals surface area (Å²) < 4.78 is 0. The molecular weight excluding hydrogens is 326 g/mol. The average Bonchev–Trinajstić information content (AvgIpc) is 2.66. The van der Waals surface area contributed by atoms with E-state index < -0.39 is 12.1 Å². The summed E-state index contributed by atoms with van der Waals surface area (Å²) in [6, 6.07) is 17.2. The van der Waals surface area contributed by atoms with Gasteiger partial charge in [-0.25, -0.2) is 4.79 Å². The Labute approximate surface area is 155 Å². The highest BCUT2D eigenvalue weighted by atomic mass is 16.2. The largest absolute Gasteiger partial charge is 0.341 e. The van der Waals surface area contributed by atoms with Crippen LogP contribution in [0.1, 0.15) is 42.5 Å². The van der Waals surface area contributed by atoms with Crippen LogP contribution in [-0.2, 0) is 11.2 Å². The van der Waals surface area contributed by atoms with E-state index in [1.54, 1.807) is 0 Å². The summed E-state index contributed by atoms with van der Waals surface area (Å²) in [6.45, 7) is 5.11. The number of carbonyl (C=O) groups is 2. The van der Waals surface area contributed by atoms with Gasteiger partial charge in [-0.2, -0.15) is 0 Å². The number of hydrogen-bond acceptors (Lipinski definition) is 2. The third-order valence-corrected chi connectivity index (χ3v) is 4.39. The number of hydrogen-bond donors (Lipinski definition) is 3. The molecule has 3 amide bonds. The lowest BCUT2D eigenvalue weighted by Gasteiger charge is -2.15. The standard InChI is InChI=1S/C21H27N3O2/c1-15(2)17-11-9-16(10-12-17)13-14-23-19(18-7-5-4-6-8-18)20(25)24-21(26)22-3/h4-12,15,19,23H,13-14H2,1-3H3,(H2,22,24,25,26)/p+1/t19-/m1/s1. The third-order valence-electron chi connectivity index (χ3n) is 4.39. The summed E-state index contributed by atoms with van der Waals surface area (Å²) >= 11 is 0. The molecule has 1 atom stereocenters. The number of nitrogens with one attached hydrogen (secondary N) is 2. The molecule has 0 unspecified atom stereocenters. The summed E-state index contributed by atoms with van der Waals surface area (Å²) in [5.41, 5.74) is 3.44. The van der Waals surface area contributed by atoms with Gasteiger partial charge < -0.3 is 10.6 Å². The number of quaternary nitrogens is 1. The predicted octanol–water partition coefficient (Wildman–Crippen LogP) is 2.11. The van der Waals surface area contributed by atoms with E-state index in [-0.39, 0.29) is 5.91 Å². The van der Waals surface area contributed by atoms with Crippen molar-refractivity contribution in [1.82, 2.24) is 10.6 Å². The zero-order valence-corrected chi connectivity index (χ0v) is 15.7. The Kier molecular flexibility index (Phi) is 7.36. The molecule has 0 fully saturated rings. The van der Waals surface area contributed by atoms with Crippen LogP contribution in [0, 0.1) is 0 Å². The van der Waals surface area contributed by atoms with Crippen LogP contribution >= 0.6 is 0 Å². The normalized spacial score (nSPS) is 11.8. The van der Waals surface area contributed by atoms with Gasteiger partial charge in [-0.05, 0) is 17.0 Å².